The number of nitrogens with two attached hydrogens (primary N) is 2. The molecule has 1 aliphatic carbocycles. The van der Waals surface area contributed by atoms with Crippen molar-refractivity contribution in [3.8, 4) is 0 Å². The van der Waals surface area contributed by atoms with Gasteiger partial charge in [0.1, 0.15) is 6.10 Å². The van der Waals surface area contributed by atoms with Gasteiger partial charge in [-0.2, -0.15) is 0 Å². The number of carbonyl (C=O) groups is 2. The van der Waals surface area contributed by atoms with E-state index in [-0.39, 0.29) is 18.0 Å². The first-order chi connectivity index (χ1) is 19.3. The fourth-order valence-corrected chi connectivity index (χ4v) is 5.50. The molecule has 1 aliphatic rings. The van der Waals surface area contributed by atoms with Crippen LogP contribution in [0.3, 0.4) is 0 Å². The molecule has 1 fully saturated rings. The van der Waals surface area contributed by atoms with Crippen molar-refractivity contribution in [3.63, 3.8) is 0 Å². The summed E-state index contributed by atoms with van der Waals surface area (Å²) in [4.78, 5) is 22.9. The fraction of sp³-hybridized carbons (Fsp3) is 0.714. The maximum atomic E-state index is 12.3. The van der Waals surface area contributed by atoms with Gasteiger partial charge in [0.15, 0.2) is 0 Å². The van der Waals surface area contributed by atoms with E-state index < -0.39 is 0 Å². The number of amides is 1. The maximum Gasteiger partial charge on any atom is 0.340 e. The van der Waals surface area contributed by atoms with Crippen LogP contribution in [0.15, 0.2) is 36.4 Å². The van der Waals surface area contributed by atoms with Crippen molar-refractivity contribution in [3.05, 3.63) is 42.0 Å². The van der Waals surface area contributed by atoms with Crippen molar-refractivity contribution in [2.45, 2.75) is 143 Å². The summed E-state index contributed by atoms with van der Waals surface area (Å²) in [6.07, 6.45) is 25.3. The standard InChI is InChI=1S/C18H35NO.C17H25NO2/c1-2-3-4-5-6-7-8-9-10-11-12-13-14-15-16-17-18(19)20;1-11(2)13-9-8-12(3)10-16(13)20-17(19)14-6-4-5-7-15(14)18/h9-10H,2-8,11-17H2,1H3,(H2,19,20);4-7,11-13,16H,8-10,18H2,1-3H3. The van der Waals surface area contributed by atoms with E-state index in [1.807, 2.05) is 12.1 Å². The minimum Gasteiger partial charge on any atom is -0.458 e. The van der Waals surface area contributed by atoms with Crippen LogP contribution in [-0.4, -0.2) is 18.0 Å². The Balaban J connectivity index is 0.000000400. The Morgan fingerprint density at radius 3 is 2.05 bits per heavy atom. The zero-order chi connectivity index (χ0) is 29.6. The maximum absolute atomic E-state index is 12.3. The highest BCUT2D eigenvalue weighted by atomic mass is 16.5. The van der Waals surface area contributed by atoms with E-state index in [2.05, 4.69) is 39.8 Å². The lowest BCUT2D eigenvalue weighted by Gasteiger charge is -2.36. The number of unbranched alkanes of at least 4 members (excludes halogenated alkanes) is 11. The van der Waals surface area contributed by atoms with Gasteiger partial charge in [0.05, 0.1) is 5.56 Å². The monoisotopic (exact) mass is 556 g/mol. The summed E-state index contributed by atoms with van der Waals surface area (Å²) >= 11 is 0. The number of carbonyl (C=O) groups excluding carboxylic acids is 2. The van der Waals surface area contributed by atoms with Gasteiger partial charge in [-0.15, -0.1) is 0 Å². The normalized spacial score (nSPS) is 18.9. The Bertz CT molecular complexity index is 836. The lowest BCUT2D eigenvalue weighted by Crippen LogP contribution is -2.36. The molecule has 1 aromatic rings. The quantitative estimate of drug-likeness (QED) is 0.0814. The van der Waals surface area contributed by atoms with Crippen LogP contribution in [0.1, 0.15) is 147 Å². The zero-order valence-electron chi connectivity index (χ0n) is 26.2. The Kier molecular flexibility index (Phi) is 20.0. The first-order valence-corrected chi connectivity index (χ1v) is 16.2. The van der Waals surface area contributed by atoms with Crippen LogP contribution in [0.2, 0.25) is 0 Å². The van der Waals surface area contributed by atoms with E-state index in [1.165, 1.54) is 77.0 Å². The number of anilines is 1. The molecule has 0 aromatic heterocycles. The molecule has 3 atom stereocenters. The summed E-state index contributed by atoms with van der Waals surface area (Å²) in [5.41, 5.74) is 11.9. The van der Waals surface area contributed by atoms with Gasteiger partial charge in [0, 0.05) is 12.1 Å². The van der Waals surface area contributed by atoms with Crippen molar-refractivity contribution < 1.29 is 14.3 Å². The SMILES string of the molecule is CC1CCC(C(C)C)C(OC(=O)c2ccccc2N)C1.CCCCCCCCC=CCCCCCCCC(N)=O. The average molecular weight is 557 g/mol. The van der Waals surface area contributed by atoms with Crippen LogP contribution in [0.25, 0.3) is 0 Å². The summed E-state index contributed by atoms with van der Waals surface area (Å²) < 4.78 is 5.78. The summed E-state index contributed by atoms with van der Waals surface area (Å²) in [6.45, 7) is 8.91. The van der Waals surface area contributed by atoms with E-state index in [0.29, 0.717) is 35.4 Å². The summed E-state index contributed by atoms with van der Waals surface area (Å²) in [5.74, 6) is 1.17. The highest BCUT2D eigenvalue weighted by Gasteiger charge is 2.33. The number of para-hydroxylation sites is 1. The van der Waals surface area contributed by atoms with E-state index >= 15 is 0 Å². The smallest absolute Gasteiger partial charge is 0.340 e. The van der Waals surface area contributed by atoms with Crippen LogP contribution in [0.4, 0.5) is 5.69 Å². The Morgan fingerprint density at radius 1 is 0.900 bits per heavy atom. The molecular weight excluding hydrogens is 496 g/mol. The van der Waals surface area contributed by atoms with E-state index in [4.69, 9.17) is 16.2 Å². The largest absolute Gasteiger partial charge is 0.458 e. The highest BCUT2D eigenvalue weighted by molar-refractivity contribution is 5.95. The number of hydrogen-bond donors (Lipinski definition) is 2. The number of nitrogen functional groups attached to an aromatic ring is 1. The van der Waals surface area contributed by atoms with Gasteiger partial charge in [-0.05, 0) is 74.8 Å². The molecule has 0 bridgehead atoms. The summed E-state index contributed by atoms with van der Waals surface area (Å²) in [6, 6.07) is 7.11. The first-order valence-electron chi connectivity index (χ1n) is 16.2. The van der Waals surface area contributed by atoms with Crippen LogP contribution in [-0.2, 0) is 9.53 Å². The third kappa shape index (κ3) is 16.7. The van der Waals surface area contributed by atoms with Crippen LogP contribution in [0.5, 0.6) is 0 Å². The third-order valence-corrected chi connectivity index (χ3v) is 8.09. The van der Waals surface area contributed by atoms with Gasteiger partial charge in [-0.25, -0.2) is 4.79 Å². The topological polar surface area (TPSA) is 95.4 Å². The zero-order valence-corrected chi connectivity index (χ0v) is 26.2. The molecule has 0 heterocycles. The van der Waals surface area contributed by atoms with Crippen molar-refractivity contribution in [1.29, 1.82) is 0 Å². The molecule has 40 heavy (non-hydrogen) atoms. The van der Waals surface area contributed by atoms with Crippen molar-refractivity contribution >= 4 is 17.6 Å². The molecule has 0 radical (unpaired) electrons. The van der Waals surface area contributed by atoms with Gasteiger partial charge >= 0.3 is 5.97 Å². The number of benzene rings is 1. The Labute approximate surface area is 245 Å². The molecule has 0 aliphatic heterocycles. The van der Waals surface area contributed by atoms with Gasteiger partial charge in [-0.1, -0.05) is 110 Å². The predicted molar refractivity (Wildman–Crippen MR) is 170 cm³/mol. The second-order valence-corrected chi connectivity index (χ2v) is 12.2. The lowest BCUT2D eigenvalue weighted by atomic mass is 9.75. The van der Waals surface area contributed by atoms with E-state index in [1.54, 1.807) is 12.1 Å². The molecular formula is C35H60N2O3. The molecule has 1 saturated carbocycles. The first kappa shape index (κ1) is 35.7. The third-order valence-electron chi connectivity index (χ3n) is 8.09. The Morgan fingerprint density at radius 2 is 1.48 bits per heavy atom. The van der Waals surface area contributed by atoms with Gasteiger partial charge in [0.2, 0.25) is 5.91 Å². The van der Waals surface area contributed by atoms with Crippen molar-refractivity contribution in [2.75, 3.05) is 5.73 Å². The minimum atomic E-state index is -0.284. The number of ether oxygens (including phenoxy) is 1. The number of esters is 1. The number of allylic oxidation sites excluding steroid dienone is 2. The molecule has 1 aromatic carbocycles. The number of rotatable bonds is 18. The molecule has 0 saturated heterocycles. The van der Waals surface area contributed by atoms with Gasteiger partial charge in [-0.3, -0.25) is 4.79 Å². The second kappa shape index (κ2) is 22.4. The van der Waals surface area contributed by atoms with Crippen LogP contribution < -0.4 is 11.5 Å². The van der Waals surface area contributed by atoms with E-state index in [9.17, 15) is 9.59 Å². The van der Waals surface area contributed by atoms with Gasteiger partial charge in [0.25, 0.3) is 0 Å². The molecule has 4 N–H and O–H groups in total. The highest BCUT2D eigenvalue weighted by Crippen LogP contribution is 2.36. The molecule has 5 heteroatoms. The summed E-state index contributed by atoms with van der Waals surface area (Å²) in [7, 11) is 0. The number of primary amides is 1. The molecule has 0 spiro atoms. The summed E-state index contributed by atoms with van der Waals surface area (Å²) in [5, 5.41) is 0. The Hall–Kier alpha value is -2.30. The molecule has 5 nitrogen and oxygen atoms in total. The molecule has 2 rings (SSSR count). The molecule has 1 amide bonds. The van der Waals surface area contributed by atoms with E-state index in [0.717, 1.165) is 25.7 Å². The number of hydrogen-bond acceptors (Lipinski definition) is 4. The second-order valence-electron chi connectivity index (χ2n) is 12.2. The average Bonchev–Trinajstić information content (AvgIpc) is 2.91. The lowest BCUT2D eigenvalue weighted by molar-refractivity contribution is -0.118. The van der Waals surface area contributed by atoms with Crippen molar-refractivity contribution in [1.82, 2.24) is 0 Å². The fourth-order valence-electron chi connectivity index (χ4n) is 5.50. The molecule has 3 unspecified atom stereocenters. The minimum absolute atomic E-state index is 0.0193. The van der Waals surface area contributed by atoms with Crippen LogP contribution >= 0.6 is 0 Å². The predicted octanol–water partition coefficient (Wildman–Crippen LogP) is 9.40. The molecule has 228 valence electrons. The van der Waals surface area contributed by atoms with Crippen LogP contribution in [0, 0.1) is 17.8 Å². The van der Waals surface area contributed by atoms with Crippen molar-refractivity contribution in [2.24, 2.45) is 23.5 Å². The van der Waals surface area contributed by atoms with Gasteiger partial charge < -0.3 is 16.2 Å².